The zero-order valence-electron chi connectivity index (χ0n) is 15.2. The minimum atomic E-state index is -3.84. The molecule has 1 aliphatic rings. The fourth-order valence-electron chi connectivity index (χ4n) is 2.86. The Balaban J connectivity index is 1.96. The first-order valence-electron chi connectivity index (χ1n) is 8.61. The maximum absolute atomic E-state index is 12.4. The standard InChI is InChI=1S/C17H26N4O4S/c1-11-10-15(8-9-18-11)20-17(23)12(2)21-26(24,25)16-6-4-14(5-7-16)19-13(3)22/h4-7,11-12,15,18,21H,8-10H2,1-3H3,(H,19,22)(H,20,23). The van der Waals surface area contributed by atoms with Crippen molar-refractivity contribution in [2.45, 2.75) is 56.6 Å². The van der Waals surface area contributed by atoms with Gasteiger partial charge < -0.3 is 16.0 Å². The number of sulfonamides is 1. The van der Waals surface area contributed by atoms with Crippen LogP contribution in [-0.4, -0.2) is 44.9 Å². The van der Waals surface area contributed by atoms with Gasteiger partial charge in [-0.1, -0.05) is 0 Å². The van der Waals surface area contributed by atoms with Crippen molar-refractivity contribution in [2.24, 2.45) is 0 Å². The average molecular weight is 382 g/mol. The third-order valence-corrected chi connectivity index (χ3v) is 5.74. The van der Waals surface area contributed by atoms with E-state index in [1.165, 1.54) is 38.1 Å². The Morgan fingerprint density at radius 1 is 1.23 bits per heavy atom. The molecule has 1 heterocycles. The van der Waals surface area contributed by atoms with Crippen LogP contribution >= 0.6 is 0 Å². The van der Waals surface area contributed by atoms with Gasteiger partial charge >= 0.3 is 0 Å². The summed E-state index contributed by atoms with van der Waals surface area (Å²) < 4.78 is 27.3. The van der Waals surface area contributed by atoms with Crippen LogP contribution in [0, 0.1) is 0 Å². The van der Waals surface area contributed by atoms with Crippen molar-refractivity contribution >= 4 is 27.5 Å². The number of nitrogens with one attached hydrogen (secondary N) is 4. The molecule has 0 aliphatic carbocycles. The summed E-state index contributed by atoms with van der Waals surface area (Å²) >= 11 is 0. The lowest BCUT2D eigenvalue weighted by Crippen LogP contribution is -2.52. The zero-order valence-corrected chi connectivity index (χ0v) is 16.0. The largest absolute Gasteiger partial charge is 0.352 e. The second-order valence-corrected chi connectivity index (χ2v) is 8.35. The number of carbonyl (C=O) groups is 2. The van der Waals surface area contributed by atoms with Gasteiger partial charge in [0.15, 0.2) is 0 Å². The predicted molar refractivity (Wildman–Crippen MR) is 99.2 cm³/mol. The second-order valence-electron chi connectivity index (χ2n) is 6.63. The fourth-order valence-corrected chi connectivity index (χ4v) is 4.07. The molecule has 1 aliphatic heterocycles. The molecule has 2 amide bonds. The number of hydrogen-bond donors (Lipinski definition) is 4. The lowest BCUT2D eigenvalue weighted by Gasteiger charge is -2.29. The minimum absolute atomic E-state index is 0.0294. The molecule has 3 atom stereocenters. The number of anilines is 1. The summed E-state index contributed by atoms with van der Waals surface area (Å²) in [7, 11) is -3.84. The van der Waals surface area contributed by atoms with Crippen LogP contribution in [0.2, 0.25) is 0 Å². The van der Waals surface area contributed by atoms with E-state index >= 15 is 0 Å². The van der Waals surface area contributed by atoms with E-state index < -0.39 is 16.1 Å². The van der Waals surface area contributed by atoms with E-state index in [-0.39, 0.29) is 22.8 Å². The van der Waals surface area contributed by atoms with Gasteiger partial charge in [-0.05, 0) is 57.5 Å². The maximum Gasteiger partial charge on any atom is 0.241 e. The smallest absolute Gasteiger partial charge is 0.241 e. The van der Waals surface area contributed by atoms with Gasteiger partial charge in [-0.3, -0.25) is 9.59 Å². The van der Waals surface area contributed by atoms with E-state index in [0.717, 1.165) is 19.4 Å². The lowest BCUT2D eigenvalue weighted by molar-refractivity contribution is -0.123. The monoisotopic (exact) mass is 382 g/mol. The molecule has 3 unspecified atom stereocenters. The molecule has 0 spiro atoms. The number of hydrogen-bond acceptors (Lipinski definition) is 5. The minimum Gasteiger partial charge on any atom is -0.352 e. The molecule has 0 bridgehead atoms. The molecule has 9 heteroatoms. The highest BCUT2D eigenvalue weighted by Crippen LogP contribution is 2.15. The average Bonchev–Trinajstić information content (AvgIpc) is 2.54. The number of benzene rings is 1. The highest BCUT2D eigenvalue weighted by Gasteiger charge is 2.25. The second kappa shape index (κ2) is 8.61. The topological polar surface area (TPSA) is 116 Å². The molecule has 1 saturated heterocycles. The van der Waals surface area contributed by atoms with E-state index in [9.17, 15) is 18.0 Å². The Morgan fingerprint density at radius 2 is 1.88 bits per heavy atom. The summed E-state index contributed by atoms with van der Waals surface area (Å²) in [4.78, 5) is 23.3. The molecule has 4 N–H and O–H groups in total. The first kappa shape index (κ1) is 20.3. The van der Waals surface area contributed by atoms with Gasteiger partial charge in [0, 0.05) is 24.7 Å². The molecule has 0 radical (unpaired) electrons. The molecule has 2 rings (SSSR count). The van der Waals surface area contributed by atoms with Gasteiger partial charge in [-0.25, -0.2) is 8.42 Å². The Kier molecular flexibility index (Phi) is 6.74. The highest BCUT2D eigenvalue weighted by molar-refractivity contribution is 7.89. The van der Waals surface area contributed by atoms with Crippen LogP contribution in [0.3, 0.4) is 0 Å². The Labute approximate surface area is 154 Å². The lowest BCUT2D eigenvalue weighted by atomic mass is 10.0. The summed E-state index contributed by atoms with van der Waals surface area (Å²) in [5.74, 6) is -0.584. The van der Waals surface area contributed by atoms with E-state index in [1.54, 1.807) is 0 Å². The molecular formula is C17H26N4O4S. The van der Waals surface area contributed by atoms with Crippen LogP contribution in [0.15, 0.2) is 29.2 Å². The van der Waals surface area contributed by atoms with Crippen molar-refractivity contribution in [2.75, 3.05) is 11.9 Å². The van der Waals surface area contributed by atoms with Crippen molar-refractivity contribution in [1.82, 2.24) is 15.4 Å². The summed E-state index contributed by atoms with van der Waals surface area (Å²) in [6.07, 6.45) is 1.63. The normalized spacial score (nSPS) is 21.7. The molecule has 0 aromatic heterocycles. The Hall–Kier alpha value is -1.97. The Morgan fingerprint density at radius 3 is 2.46 bits per heavy atom. The van der Waals surface area contributed by atoms with Gasteiger partial charge in [-0.2, -0.15) is 4.72 Å². The van der Waals surface area contributed by atoms with E-state index in [0.29, 0.717) is 11.7 Å². The predicted octanol–water partition coefficient (Wildman–Crippen LogP) is 0.569. The van der Waals surface area contributed by atoms with Crippen LogP contribution in [0.1, 0.15) is 33.6 Å². The van der Waals surface area contributed by atoms with Crippen molar-refractivity contribution in [3.63, 3.8) is 0 Å². The van der Waals surface area contributed by atoms with E-state index in [2.05, 4.69) is 27.6 Å². The van der Waals surface area contributed by atoms with Gasteiger partial charge in [0.05, 0.1) is 10.9 Å². The van der Waals surface area contributed by atoms with Crippen LogP contribution in [0.4, 0.5) is 5.69 Å². The van der Waals surface area contributed by atoms with Crippen LogP contribution in [-0.2, 0) is 19.6 Å². The summed E-state index contributed by atoms with van der Waals surface area (Å²) in [6, 6.07) is 5.24. The van der Waals surface area contributed by atoms with Gasteiger partial charge in [0.1, 0.15) is 0 Å². The van der Waals surface area contributed by atoms with Gasteiger partial charge in [0.25, 0.3) is 0 Å². The quantitative estimate of drug-likeness (QED) is 0.574. The van der Waals surface area contributed by atoms with Gasteiger partial charge in [-0.15, -0.1) is 0 Å². The Bertz CT molecular complexity index is 749. The first-order valence-corrected chi connectivity index (χ1v) is 10.1. The summed E-state index contributed by atoms with van der Waals surface area (Å²) in [6.45, 7) is 5.76. The van der Waals surface area contributed by atoms with Gasteiger partial charge in [0.2, 0.25) is 21.8 Å². The van der Waals surface area contributed by atoms with Crippen LogP contribution in [0.5, 0.6) is 0 Å². The van der Waals surface area contributed by atoms with E-state index in [4.69, 9.17) is 0 Å². The van der Waals surface area contributed by atoms with E-state index in [1.807, 2.05) is 0 Å². The molecule has 0 saturated carbocycles. The molecule has 26 heavy (non-hydrogen) atoms. The fraction of sp³-hybridized carbons (Fsp3) is 0.529. The number of rotatable bonds is 6. The van der Waals surface area contributed by atoms with Crippen molar-refractivity contribution < 1.29 is 18.0 Å². The zero-order chi connectivity index (χ0) is 19.3. The molecular weight excluding hydrogens is 356 g/mol. The first-order chi connectivity index (χ1) is 12.2. The molecule has 1 fully saturated rings. The summed E-state index contributed by atoms with van der Waals surface area (Å²) in [5.41, 5.74) is 0.502. The third kappa shape index (κ3) is 5.79. The van der Waals surface area contributed by atoms with Crippen molar-refractivity contribution in [3.05, 3.63) is 24.3 Å². The van der Waals surface area contributed by atoms with Crippen molar-refractivity contribution in [1.29, 1.82) is 0 Å². The molecule has 8 nitrogen and oxygen atoms in total. The van der Waals surface area contributed by atoms with Crippen LogP contribution < -0.4 is 20.7 Å². The number of amides is 2. The molecule has 1 aromatic carbocycles. The summed E-state index contributed by atoms with van der Waals surface area (Å²) in [5, 5.41) is 8.77. The maximum atomic E-state index is 12.4. The third-order valence-electron chi connectivity index (χ3n) is 4.18. The van der Waals surface area contributed by atoms with Crippen molar-refractivity contribution in [3.8, 4) is 0 Å². The number of carbonyl (C=O) groups excluding carboxylic acids is 2. The highest BCUT2D eigenvalue weighted by atomic mass is 32.2. The van der Waals surface area contributed by atoms with Crippen LogP contribution in [0.25, 0.3) is 0 Å². The SMILES string of the molecule is CC(=O)Nc1ccc(S(=O)(=O)NC(C)C(=O)NC2CCNC(C)C2)cc1. The number of piperidine rings is 1. The molecule has 1 aromatic rings. The molecule has 144 valence electrons.